The van der Waals surface area contributed by atoms with Crippen molar-refractivity contribution < 1.29 is 18.0 Å². The minimum atomic E-state index is -4.52. The van der Waals surface area contributed by atoms with Crippen molar-refractivity contribution in [1.82, 2.24) is 0 Å². The average Bonchev–Trinajstić information content (AvgIpc) is 1.60. The number of carbonyl (C=O) groups is 1. The van der Waals surface area contributed by atoms with Crippen molar-refractivity contribution in [3.05, 3.63) is 0 Å². The van der Waals surface area contributed by atoms with E-state index in [1.54, 1.807) is 0 Å². The van der Waals surface area contributed by atoms with Crippen molar-refractivity contribution in [2.75, 3.05) is 0 Å². The van der Waals surface area contributed by atoms with Crippen LogP contribution in [0.1, 0.15) is 6.42 Å². The number of carbonyl (C=O) groups excluding carboxylic acids is 1. The largest absolute Gasteiger partial charge is 0.394 e. The van der Waals surface area contributed by atoms with Crippen LogP contribution in [-0.4, -0.2) is 17.8 Å². The van der Waals surface area contributed by atoms with E-state index in [1.807, 2.05) is 0 Å². The molecule has 0 saturated heterocycles. The molecule has 0 aromatic carbocycles. The molecule has 0 saturated carbocycles. The second-order valence-corrected chi connectivity index (χ2v) is 1.63. The van der Waals surface area contributed by atoms with E-state index in [4.69, 9.17) is 5.41 Å². The molecule has 58 valence electrons. The summed E-state index contributed by atoms with van der Waals surface area (Å²) in [4.78, 5) is 9.87. The topological polar surface area (TPSA) is 66.9 Å². The van der Waals surface area contributed by atoms with Gasteiger partial charge in [0.2, 0.25) is 0 Å². The fourth-order valence-corrected chi connectivity index (χ4v) is 0.288. The van der Waals surface area contributed by atoms with Gasteiger partial charge in [-0.25, -0.2) is 0 Å². The van der Waals surface area contributed by atoms with E-state index in [2.05, 4.69) is 5.73 Å². The van der Waals surface area contributed by atoms with Crippen LogP contribution in [0.4, 0.5) is 13.2 Å². The number of hydrogen-bond acceptors (Lipinski definition) is 2. The van der Waals surface area contributed by atoms with E-state index in [-0.39, 0.29) is 0 Å². The Hall–Kier alpha value is -1.07. The molecule has 0 aliphatic heterocycles. The molecule has 0 aromatic heterocycles. The summed E-state index contributed by atoms with van der Waals surface area (Å²) in [6, 6.07) is 0. The number of rotatable bonds is 2. The van der Waals surface area contributed by atoms with Gasteiger partial charge in [-0.2, -0.15) is 13.2 Å². The zero-order chi connectivity index (χ0) is 8.36. The molecule has 0 bridgehead atoms. The van der Waals surface area contributed by atoms with E-state index in [0.29, 0.717) is 0 Å². The van der Waals surface area contributed by atoms with Crippen LogP contribution in [0.5, 0.6) is 0 Å². The highest BCUT2D eigenvalue weighted by Gasteiger charge is 2.30. The molecule has 0 rings (SSSR count). The normalized spacial score (nSPS) is 11.1. The number of primary amides is 1. The minimum Gasteiger partial charge on any atom is -0.365 e. The Bertz CT molecular complexity index is 162. The number of nitrogens with one attached hydrogen (secondary N) is 1. The number of amides is 1. The van der Waals surface area contributed by atoms with Gasteiger partial charge in [0.1, 0.15) is 5.71 Å². The molecule has 0 aliphatic carbocycles. The molecule has 3 nitrogen and oxygen atoms in total. The minimum absolute atomic E-state index is 1.12. The summed E-state index contributed by atoms with van der Waals surface area (Å²) < 4.78 is 34.0. The lowest BCUT2D eigenvalue weighted by atomic mass is 10.2. The fourth-order valence-electron chi connectivity index (χ4n) is 0.288. The smallest absolute Gasteiger partial charge is 0.365 e. The van der Waals surface area contributed by atoms with Crippen LogP contribution in [0.3, 0.4) is 0 Å². The SMILES string of the molecule is N=C(CC(F)(F)F)C(N)=O. The Labute approximate surface area is 54.5 Å². The summed E-state index contributed by atoms with van der Waals surface area (Å²) in [5.41, 5.74) is 3.26. The van der Waals surface area contributed by atoms with Crippen LogP contribution < -0.4 is 5.73 Å². The Morgan fingerprint density at radius 1 is 1.50 bits per heavy atom. The Kier molecular flexibility index (Phi) is 2.39. The van der Waals surface area contributed by atoms with Gasteiger partial charge in [0.05, 0.1) is 6.42 Å². The van der Waals surface area contributed by atoms with Crippen molar-refractivity contribution in [2.45, 2.75) is 12.6 Å². The third-order valence-electron chi connectivity index (χ3n) is 0.675. The lowest BCUT2D eigenvalue weighted by Gasteiger charge is -2.03. The molecule has 0 aromatic rings. The molecule has 1 amide bonds. The molecule has 0 atom stereocenters. The van der Waals surface area contributed by atoms with Gasteiger partial charge in [-0.1, -0.05) is 0 Å². The highest BCUT2D eigenvalue weighted by atomic mass is 19.4. The molecule has 0 spiro atoms. The maximum atomic E-state index is 11.3. The molecule has 0 fully saturated rings. The zero-order valence-corrected chi connectivity index (χ0v) is 4.83. The summed E-state index contributed by atoms with van der Waals surface area (Å²) in [6.45, 7) is 0. The van der Waals surface area contributed by atoms with E-state index in [1.165, 1.54) is 0 Å². The number of hydrogen-bond donors (Lipinski definition) is 2. The maximum absolute atomic E-state index is 11.3. The maximum Gasteiger partial charge on any atom is 0.394 e. The van der Waals surface area contributed by atoms with E-state index in [9.17, 15) is 18.0 Å². The Balaban J connectivity index is 3.93. The highest BCUT2D eigenvalue weighted by Crippen LogP contribution is 2.19. The molecular formula is C4H5F3N2O. The van der Waals surface area contributed by atoms with Crippen molar-refractivity contribution in [3.63, 3.8) is 0 Å². The third-order valence-corrected chi connectivity index (χ3v) is 0.675. The van der Waals surface area contributed by atoms with Crippen LogP contribution in [0, 0.1) is 5.41 Å². The van der Waals surface area contributed by atoms with E-state index in [0.717, 1.165) is 0 Å². The van der Waals surface area contributed by atoms with Gasteiger partial charge in [0.25, 0.3) is 5.91 Å². The van der Waals surface area contributed by atoms with Crippen LogP contribution in [0.15, 0.2) is 0 Å². The van der Waals surface area contributed by atoms with Crippen LogP contribution in [0.25, 0.3) is 0 Å². The fraction of sp³-hybridized carbons (Fsp3) is 0.500. The van der Waals surface area contributed by atoms with E-state index >= 15 is 0 Å². The van der Waals surface area contributed by atoms with Crippen molar-refractivity contribution in [1.29, 1.82) is 5.41 Å². The lowest BCUT2D eigenvalue weighted by Crippen LogP contribution is -2.27. The first-order valence-corrected chi connectivity index (χ1v) is 2.27. The molecule has 0 aliphatic rings. The first kappa shape index (κ1) is 8.93. The van der Waals surface area contributed by atoms with Crippen LogP contribution in [0.2, 0.25) is 0 Å². The molecular weight excluding hydrogens is 149 g/mol. The second kappa shape index (κ2) is 2.68. The monoisotopic (exact) mass is 154 g/mol. The first-order chi connectivity index (χ1) is 4.33. The van der Waals surface area contributed by atoms with Crippen molar-refractivity contribution in [2.24, 2.45) is 5.73 Å². The van der Waals surface area contributed by atoms with Gasteiger partial charge in [-0.15, -0.1) is 0 Å². The van der Waals surface area contributed by atoms with Crippen LogP contribution in [-0.2, 0) is 4.79 Å². The summed E-state index contributed by atoms with van der Waals surface area (Å²) >= 11 is 0. The predicted molar refractivity (Wildman–Crippen MR) is 27.6 cm³/mol. The van der Waals surface area contributed by atoms with Gasteiger partial charge in [-0.3, -0.25) is 10.2 Å². The van der Waals surface area contributed by atoms with Crippen molar-refractivity contribution >= 4 is 11.6 Å². The summed E-state index contributed by atoms with van der Waals surface area (Å²) in [5, 5.41) is 6.40. The standard InChI is InChI=1S/C4H5F3N2O/c5-4(6,7)1-2(8)3(9)10/h8H,1H2,(H2,9,10). The molecule has 3 N–H and O–H groups in total. The Morgan fingerprint density at radius 2 is 1.90 bits per heavy atom. The Morgan fingerprint density at radius 3 is 2.00 bits per heavy atom. The lowest BCUT2D eigenvalue weighted by molar-refractivity contribution is -0.125. The summed E-state index contributed by atoms with van der Waals surface area (Å²) in [6.07, 6.45) is -6.07. The molecule has 10 heavy (non-hydrogen) atoms. The number of halogens is 3. The third kappa shape index (κ3) is 3.88. The van der Waals surface area contributed by atoms with Crippen LogP contribution >= 0.6 is 0 Å². The van der Waals surface area contributed by atoms with Gasteiger partial charge in [0.15, 0.2) is 0 Å². The quantitative estimate of drug-likeness (QED) is 0.557. The van der Waals surface area contributed by atoms with E-state index < -0.39 is 24.2 Å². The number of alkyl halides is 3. The molecule has 0 radical (unpaired) electrons. The van der Waals surface area contributed by atoms with Gasteiger partial charge in [-0.05, 0) is 0 Å². The highest BCUT2D eigenvalue weighted by molar-refractivity contribution is 6.37. The van der Waals surface area contributed by atoms with Gasteiger partial charge in [0, 0.05) is 0 Å². The van der Waals surface area contributed by atoms with Gasteiger partial charge >= 0.3 is 6.18 Å². The molecule has 0 unspecified atom stereocenters. The van der Waals surface area contributed by atoms with Gasteiger partial charge < -0.3 is 5.73 Å². The average molecular weight is 154 g/mol. The molecule has 0 heterocycles. The molecule has 6 heteroatoms. The predicted octanol–water partition coefficient (Wildman–Crippen LogP) is 0.444. The second-order valence-electron chi connectivity index (χ2n) is 1.63. The zero-order valence-electron chi connectivity index (χ0n) is 4.83. The summed E-state index contributed by atoms with van der Waals surface area (Å²) in [7, 11) is 0. The number of nitrogens with two attached hydrogens (primary N) is 1. The van der Waals surface area contributed by atoms with Crippen molar-refractivity contribution in [3.8, 4) is 0 Å². The summed E-state index contributed by atoms with van der Waals surface area (Å²) in [5.74, 6) is -1.34. The first-order valence-electron chi connectivity index (χ1n) is 2.27.